The number of hydrogen-bond donors (Lipinski definition) is 1. The second kappa shape index (κ2) is 10.0. The summed E-state index contributed by atoms with van der Waals surface area (Å²) in [5, 5.41) is 2.98. The Morgan fingerprint density at radius 1 is 0.926 bits per heavy atom. The van der Waals surface area contributed by atoms with E-state index < -0.39 is 0 Å². The number of nitrogens with zero attached hydrogens (tertiary/aromatic N) is 1. The first kappa shape index (κ1) is 19.3. The Morgan fingerprint density at radius 2 is 1.67 bits per heavy atom. The monoisotopic (exact) mass is 364 g/mol. The van der Waals surface area contributed by atoms with Gasteiger partial charge in [0.05, 0.1) is 0 Å². The molecule has 0 unspecified atom stereocenters. The van der Waals surface area contributed by atoms with Crippen molar-refractivity contribution < 1.29 is 9.59 Å². The molecule has 27 heavy (non-hydrogen) atoms. The van der Waals surface area contributed by atoms with E-state index in [1.165, 1.54) is 44.9 Å². The van der Waals surface area contributed by atoms with Crippen LogP contribution in [-0.4, -0.2) is 23.2 Å². The van der Waals surface area contributed by atoms with E-state index in [1.807, 2.05) is 0 Å². The zero-order valence-electron chi connectivity index (χ0n) is 15.8. The first-order chi connectivity index (χ1) is 13.2. The van der Waals surface area contributed by atoms with E-state index in [9.17, 15) is 9.59 Å². The molecule has 1 heterocycles. The zero-order valence-corrected chi connectivity index (χ0v) is 15.8. The van der Waals surface area contributed by atoms with Crippen molar-refractivity contribution in [2.24, 2.45) is 5.92 Å². The fourth-order valence-electron chi connectivity index (χ4n) is 3.77. The van der Waals surface area contributed by atoms with Crippen molar-refractivity contribution in [1.82, 2.24) is 10.3 Å². The summed E-state index contributed by atoms with van der Waals surface area (Å²) in [4.78, 5) is 28.6. The predicted molar refractivity (Wildman–Crippen MR) is 107 cm³/mol. The molecule has 1 aromatic carbocycles. The van der Waals surface area contributed by atoms with Crippen LogP contribution in [0.15, 0.2) is 48.8 Å². The van der Waals surface area contributed by atoms with Gasteiger partial charge in [0, 0.05) is 35.6 Å². The van der Waals surface area contributed by atoms with E-state index in [0.717, 1.165) is 12.3 Å². The number of hydrogen-bond acceptors (Lipinski definition) is 3. The Kier molecular flexibility index (Phi) is 7.14. The lowest BCUT2D eigenvalue weighted by Crippen LogP contribution is -2.24. The highest BCUT2D eigenvalue weighted by atomic mass is 16.1. The average molecular weight is 364 g/mol. The molecule has 1 saturated carbocycles. The number of pyridine rings is 1. The molecule has 0 atom stereocenters. The van der Waals surface area contributed by atoms with Crippen LogP contribution in [0.1, 0.15) is 77.6 Å². The number of unbranched alkanes of at least 4 members (excludes halogenated alkanes) is 1. The van der Waals surface area contributed by atoms with Crippen molar-refractivity contribution in [3.63, 3.8) is 0 Å². The molecule has 142 valence electrons. The highest BCUT2D eigenvalue weighted by Crippen LogP contribution is 2.27. The molecule has 0 aliphatic heterocycles. The maximum absolute atomic E-state index is 12.4. The maximum Gasteiger partial charge on any atom is 0.251 e. The molecular formula is C23H28N2O2. The van der Waals surface area contributed by atoms with Crippen LogP contribution in [0.2, 0.25) is 0 Å². The van der Waals surface area contributed by atoms with Gasteiger partial charge in [0.1, 0.15) is 0 Å². The van der Waals surface area contributed by atoms with Crippen LogP contribution < -0.4 is 5.32 Å². The molecular weight excluding hydrogens is 336 g/mol. The van der Waals surface area contributed by atoms with Gasteiger partial charge in [-0.05, 0) is 36.6 Å². The summed E-state index contributed by atoms with van der Waals surface area (Å²) in [5.74, 6) is 0.741. The second-order valence-electron chi connectivity index (χ2n) is 7.40. The standard InChI is InChI=1S/C23H28N2O2/c26-22(21-10-6-15-24-17-21)19-11-13-20(14-12-19)23(27)25-16-5-4-9-18-7-2-1-3-8-18/h6,10-15,17-18H,1-5,7-9,16H2,(H,25,27). The maximum atomic E-state index is 12.4. The Morgan fingerprint density at radius 3 is 2.37 bits per heavy atom. The minimum absolute atomic E-state index is 0.0759. The first-order valence-electron chi connectivity index (χ1n) is 10.1. The molecule has 4 heteroatoms. The molecule has 2 aromatic rings. The number of benzene rings is 1. The summed E-state index contributed by atoms with van der Waals surface area (Å²) >= 11 is 0. The van der Waals surface area contributed by atoms with E-state index in [0.29, 0.717) is 23.2 Å². The van der Waals surface area contributed by atoms with Crippen LogP contribution in [0, 0.1) is 5.92 Å². The summed E-state index contributed by atoms with van der Waals surface area (Å²) in [6.07, 6.45) is 13.6. The van der Waals surface area contributed by atoms with E-state index in [-0.39, 0.29) is 11.7 Å². The first-order valence-corrected chi connectivity index (χ1v) is 10.1. The molecule has 3 rings (SSSR count). The molecule has 1 amide bonds. The molecule has 1 aromatic heterocycles. The van der Waals surface area contributed by atoms with Crippen molar-refractivity contribution in [1.29, 1.82) is 0 Å². The normalized spacial score (nSPS) is 14.7. The summed E-state index contributed by atoms with van der Waals surface area (Å²) in [5.41, 5.74) is 1.70. The van der Waals surface area contributed by atoms with E-state index in [4.69, 9.17) is 0 Å². The Labute approximate surface area is 161 Å². The third-order valence-electron chi connectivity index (χ3n) is 5.38. The summed E-state index contributed by atoms with van der Waals surface area (Å²) in [7, 11) is 0. The minimum Gasteiger partial charge on any atom is -0.352 e. The van der Waals surface area contributed by atoms with Gasteiger partial charge in [-0.15, -0.1) is 0 Å². The Hall–Kier alpha value is -2.49. The molecule has 0 bridgehead atoms. The smallest absolute Gasteiger partial charge is 0.251 e. The molecule has 1 fully saturated rings. The van der Waals surface area contributed by atoms with Crippen LogP contribution in [0.5, 0.6) is 0 Å². The molecule has 0 saturated heterocycles. The van der Waals surface area contributed by atoms with Gasteiger partial charge in [0.2, 0.25) is 0 Å². The quantitative estimate of drug-likeness (QED) is 0.541. The number of rotatable bonds is 8. The fraction of sp³-hybridized carbons (Fsp3) is 0.435. The van der Waals surface area contributed by atoms with Gasteiger partial charge in [-0.3, -0.25) is 14.6 Å². The second-order valence-corrected chi connectivity index (χ2v) is 7.40. The van der Waals surface area contributed by atoms with Gasteiger partial charge in [-0.2, -0.15) is 0 Å². The number of aromatic nitrogens is 1. The molecule has 1 aliphatic carbocycles. The van der Waals surface area contributed by atoms with Crippen LogP contribution in [0.3, 0.4) is 0 Å². The third-order valence-corrected chi connectivity index (χ3v) is 5.38. The third kappa shape index (κ3) is 5.75. The molecule has 1 N–H and O–H groups in total. The van der Waals surface area contributed by atoms with E-state index in [1.54, 1.807) is 48.8 Å². The van der Waals surface area contributed by atoms with Crippen molar-refractivity contribution in [3.05, 3.63) is 65.5 Å². The number of amides is 1. The molecule has 1 aliphatic rings. The number of carbonyl (C=O) groups excluding carboxylic acids is 2. The van der Waals surface area contributed by atoms with Gasteiger partial charge >= 0.3 is 0 Å². The summed E-state index contributed by atoms with van der Waals surface area (Å²) < 4.78 is 0. The van der Waals surface area contributed by atoms with Crippen LogP contribution in [0.25, 0.3) is 0 Å². The van der Waals surface area contributed by atoms with Gasteiger partial charge < -0.3 is 5.32 Å². The van der Waals surface area contributed by atoms with Gasteiger partial charge in [0.15, 0.2) is 5.78 Å². The lowest BCUT2D eigenvalue weighted by Gasteiger charge is -2.21. The predicted octanol–water partition coefficient (Wildman–Crippen LogP) is 4.79. The van der Waals surface area contributed by atoms with Gasteiger partial charge in [-0.25, -0.2) is 0 Å². The highest BCUT2D eigenvalue weighted by molar-refractivity contribution is 6.09. The SMILES string of the molecule is O=C(NCCCCC1CCCCC1)c1ccc(C(=O)c2cccnc2)cc1. The lowest BCUT2D eigenvalue weighted by atomic mass is 9.86. The minimum atomic E-state index is -0.0854. The van der Waals surface area contributed by atoms with Crippen molar-refractivity contribution in [2.45, 2.75) is 51.4 Å². The Balaban J connectivity index is 1.41. The zero-order chi connectivity index (χ0) is 18.9. The highest BCUT2D eigenvalue weighted by Gasteiger charge is 2.13. The van der Waals surface area contributed by atoms with Gasteiger partial charge in [0.25, 0.3) is 5.91 Å². The van der Waals surface area contributed by atoms with Crippen molar-refractivity contribution in [3.8, 4) is 0 Å². The van der Waals surface area contributed by atoms with E-state index >= 15 is 0 Å². The lowest BCUT2D eigenvalue weighted by molar-refractivity contribution is 0.0951. The molecule has 4 nitrogen and oxygen atoms in total. The summed E-state index contributed by atoms with van der Waals surface area (Å²) in [6.45, 7) is 0.710. The molecule has 0 radical (unpaired) electrons. The number of ketones is 1. The fourth-order valence-corrected chi connectivity index (χ4v) is 3.77. The number of nitrogens with one attached hydrogen (secondary N) is 1. The molecule has 0 spiro atoms. The number of carbonyl (C=O) groups is 2. The van der Waals surface area contributed by atoms with Crippen LogP contribution in [-0.2, 0) is 0 Å². The van der Waals surface area contributed by atoms with Crippen LogP contribution >= 0.6 is 0 Å². The van der Waals surface area contributed by atoms with Crippen LogP contribution in [0.4, 0.5) is 0 Å². The summed E-state index contributed by atoms with van der Waals surface area (Å²) in [6, 6.07) is 10.3. The van der Waals surface area contributed by atoms with Gasteiger partial charge in [-0.1, -0.05) is 57.1 Å². The largest absolute Gasteiger partial charge is 0.352 e. The van der Waals surface area contributed by atoms with Crippen molar-refractivity contribution >= 4 is 11.7 Å². The topological polar surface area (TPSA) is 59.1 Å². The average Bonchev–Trinajstić information content (AvgIpc) is 2.74. The van der Waals surface area contributed by atoms with E-state index in [2.05, 4.69) is 10.3 Å². The van der Waals surface area contributed by atoms with Crippen molar-refractivity contribution in [2.75, 3.05) is 6.54 Å². The Bertz CT molecular complexity index is 735.